The molecule has 2 aromatic carbocycles. The van der Waals surface area contributed by atoms with Crippen LogP contribution in [-0.2, 0) is 18.3 Å². The van der Waals surface area contributed by atoms with E-state index in [-0.39, 0.29) is 17.8 Å². The van der Waals surface area contributed by atoms with E-state index in [0.717, 1.165) is 64.9 Å². The number of carbonyl (C=O) groups is 1. The van der Waals surface area contributed by atoms with Crippen LogP contribution in [0.1, 0.15) is 0 Å². The van der Waals surface area contributed by atoms with Gasteiger partial charge in [-0.05, 0) is 42.4 Å². The fraction of sp³-hybridized carbons (Fsp3) is 0.370. The molecule has 4 heterocycles. The van der Waals surface area contributed by atoms with Crippen LogP contribution in [0, 0.1) is 0 Å². The molecule has 1 unspecified atom stereocenters. The number of aromatic nitrogens is 3. The van der Waals surface area contributed by atoms with Gasteiger partial charge in [-0.2, -0.15) is 0 Å². The maximum Gasteiger partial charge on any atom is 0.328 e. The molecule has 186 valence electrons. The van der Waals surface area contributed by atoms with Gasteiger partial charge in [0.25, 0.3) is 0 Å². The second-order valence-corrected chi connectivity index (χ2v) is 9.76. The molecule has 2 aliphatic heterocycles. The third kappa shape index (κ3) is 3.58. The second-order valence-electron chi connectivity index (χ2n) is 9.76. The van der Waals surface area contributed by atoms with Gasteiger partial charge in [-0.1, -0.05) is 18.2 Å². The summed E-state index contributed by atoms with van der Waals surface area (Å²) in [6.45, 7) is 4.25. The molecule has 9 heteroatoms. The van der Waals surface area contributed by atoms with Crippen LogP contribution in [0.3, 0.4) is 0 Å². The van der Waals surface area contributed by atoms with E-state index in [2.05, 4.69) is 35.1 Å². The second kappa shape index (κ2) is 8.76. The normalized spacial score (nSPS) is 18.5. The Morgan fingerprint density at radius 2 is 1.78 bits per heavy atom. The lowest BCUT2D eigenvalue weighted by Gasteiger charge is -2.33. The number of hydrogen-bond donors (Lipinski definition) is 0. The fourth-order valence-electron chi connectivity index (χ4n) is 5.56. The molecule has 4 aromatic rings. The SMILES string of the molecule is COCCn1c(=O)n(C)c2cnc3ccc(-c4ccc(N5CC6CN(C)CCN6C5=O)cc4)cc3c21. The number of amides is 2. The van der Waals surface area contributed by atoms with Gasteiger partial charge in [0.15, 0.2) is 0 Å². The topological polar surface area (TPSA) is 75.8 Å². The first-order chi connectivity index (χ1) is 17.5. The number of hydrogen-bond acceptors (Lipinski definition) is 5. The summed E-state index contributed by atoms with van der Waals surface area (Å²) in [6.07, 6.45) is 1.76. The molecule has 0 N–H and O–H groups in total. The monoisotopic (exact) mass is 486 g/mol. The lowest BCUT2D eigenvalue weighted by molar-refractivity contribution is 0.139. The van der Waals surface area contributed by atoms with Crippen LogP contribution in [0.15, 0.2) is 53.5 Å². The molecular formula is C27H30N6O3. The molecule has 0 aliphatic carbocycles. The summed E-state index contributed by atoms with van der Waals surface area (Å²) in [5, 5.41) is 0.929. The number of nitrogens with zero attached hydrogens (tertiary/aromatic N) is 6. The van der Waals surface area contributed by atoms with Gasteiger partial charge < -0.3 is 14.5 Å². The number of methoxy groups -OCH3 is 1. The van der Waals surface area contributed by atoms with E-state index >= 15 is 0 Å². The summed E-state index contributed by atoms with van der Waals surface area (Å²) in [5.74, 6) is 0. The Bertz CT molecular complexity index is 1520. The van der Waals surface area contributed by atoms with Crippen molar-refractivity contribution in [2.24, 2.45) is 7.05 Å². The number of ether oxygens (including phenoxy) is 1. The molecule has 2 fully saturated rings. The molecule has 2 saturated heterocycles. The quantitative estimate of drug-likeness (QED) is 0.434. The number of urea groups is 1. The first-order valence-electron chi connectivity index (χ1n) is 12.3. The van der Waals surface area contributed by atoms with Gasteiger partial charge in [-0.25, -0.2) is 9.59 Å². The van der Waals surface area contributed by atoms with E-state index in [1.807, 2.05) is 34.1 Å². The summed E-state index contributed by atoms with van der Waals surface area (Å²) < 4.78 is 8.64. The van der Waals surface area contributed by atoms with E-state index < -0.39 is 0 Å². The summed E-state index contributed by atoms with van der Waals surface area (Å²) in [4.78, 5) is 36.7. The van der Waals surface area contributed by atoms with Crippen molar-refractivity contribution in [1.82, 2.24) is 23.9 Å². The highest BCUT2D eigenvalue weighted by atomic mass is 16.5. The molecule has 2 aliphatic rings. The number of carbonyl (C=O) groups excluding carboxylic acids is 1. The Balaban J connectivity index is 1.36. The van der Waals surface area contributed by atoms with Crippen molar-refractivity contribution >= 4 is 33.7 Å². The molecule has 36 heavy (non-hydrogen) atoms. The fourth-order valence-corrected chi connectivity index (χ4v) is 5.56. The van der Waals surface area contributed by atoms with Crippen LogP contribution < -0.4 is 10.6 Å². The molecule has 0 radical (unpaired) electrons. The van der Waals surface area contributed by atoms with Gasteiger partial charge in [0.05, 0.1) is 41.9 Å². The summed E-state index contributed by atoms with van der Waals surface area (Å²) in [7, 11) is 5.52. The maximum absolute atomic E-state index is 13.0. The van der Waals surface area contributed by atoms with Crippen LogP contribution in [0.2, 0.25) is 0 Å². The summed E-state index contributed by atoms with van der Waals surface area (Å²) >= 11 is 0. The molecule has 9 nitrogen and oxygen atoms in total. The van der Waals surface area contributed by atoms with Crippen molar-refractivity contribution in [3.05, 3.63) is 59.1 Å². The van der Waals surface area contributed by atoms with E-state index in [4.69, 9.17) is 4.74 Å². The molecule has 2 amide bonds. The number of aryl methyl sites for hydroxylation is 1. The zero-order chi connectivity index (χ0) is 25.0. The zero-order valence-corrected chi connectivity index (χ0v) is 20.8. The maximum atomic E-state index is 13.0. The van der Waals surface area contributed by atoms with Crippen molar-refractivity contribution in [1.29, 1.82) is 0 Å². The van der Waals surface area contributed by atoms with Gasteiger partial charge in [0, 0.05) is 51.4 Å². The van der Waals surface area contributed by atoms with Crippen LogP contribution in [-0.4, -0.2) is 82.9 Å². The highest BCUT2D eigenvalue weighted by molar-refractivity contribution is 6.04. The number of imidazole rings is 1. The minimum atomic E-state index is -0.0797. The largest absolute Gasteiger partial charge is 0.383 e. The molecule has 0 spiro atoms. The Morgan fingerprint density at radius 3 is 2.56 bits per heavy atom. The lowest BCUT2D eigenvalue weighted by atomic mass is 10.0. The van der Waals surface area contributed by atoms with Crippen molar-refractivity contribution in [2.45, 2.75) is 12.6 Å². The molecule has 0 saturated carbocycles. The number of piperazine rings is 1. The number of pyridine rings is 1. The first-order valence-corrected chi connectivity index (χ1v) is 12.3. The van der Waals surface area contributed by atoms with Crippen LogP contribution in [0.4, 0.5) is 10.5 Å². The highest BCUT2D eigenvalue weighted by Gasteiger charge is 2.40. The molecule has 0 bridgehead atoms. The minimum absolute atomic E-state index is 0.0797. The number of rotatable bonds is 5. The van der Waals surface area contributed by atoms with Gasteiger partial charge in [0.2, 0.25) is 0 Å². The predicted octanol–water partition coefficient (Wildman–Crippen LogP) is 2.76. The Labute approximate surface area is 209 Å². The Hall–Kier alpha value is -3.69. The van der Waals surface area contributed by atoms with Crippen molar-refractivity contribution in [3.8, 4) is 11.1 Å². The number of likely N-dealkylation sites (N-methyl/N-ethyl adjacent to an activating group) is 1. The van der Waals surface area contributed by atoms with Gasteiger partial charge in [-0.15, -0.1) is 0 Å². The Morgan fingerprint density at radius 1 is 1.00 bits per heavy atom. The van der Waals surface area contributed by atoms with Crippen LogP contribution in [0.25, 0.3) is 33.1 Å². The number of anilines is 1. The van der Waals surface area contributed by atoms with Crippen molar-refractivity contribution in [3.63, 3.8) is 0 Å². The smallest absolute Gasteiger partial charge is 0.328 e. The standard InChI is InChI=1S/C27H30N6O3/c1-29-10-11-31-21(16-29)17-33(27(31)35)20-7-4-18(5-8-20)19-6-9-23-22(14-19)25-24(15-28-23)30(2)26(34)32(25)12-13-36-3/h4-9,14-15,21H,10-13,16-17H2,1-3H3. The predicted molar refractivity (Wildman–Crippen MR) is 141 cm³/mol. The summed E-state index contributed by atoms with van der Waals surface area (Å²) in [5.41, 5.74) is 5.42. The third-order valence-electron chi connectivity index (χ3n) is 7.56. The summed E-state index contributed by atoms with van der Waals surface area (Å²) in [6, 6.07) is 14.6. The number of fused-ring (bicyclic) bond motifs is 4. The van der Waals surface area contributed by atoms with E-state index in [1.165, 1.54) is 0 Å². The number of benzene rings is 2. The average molecular weight is 487 g/mol. The average Bonchev–Trinajstić information content (AvgIpc) is 3.35. The molecule has 1 atom stereocenters. The van der Waals surface area contributed by atoms with Crippen LogP contribution in [0.5, 0.6) is 0 Å². The zero-order valence-electron chi connectivity index (χ0n) is 20.8. The molecule has 6 rings (SSSR count). The molecule has 2 aromatic heterocycles. The van der Waals surface area contributed by atoms with Crippen LogP contribution >= 0.6 is 0 Å². The van der Waals surface area contributed by atoms with Crippen molar-refractivity contribution < 1.29 is 9.53 Å². The van der Waals surface area contributed by atoms with Crippen molar-refractivity contribution in [2.75, 3.05) is 51.8 Å². The first kappa shape index (κ1) is 22.8. The van der Waals surface area contributed by atoms with Gasteiger partial charge in [-0.3, -0.25) is 19.0 Å². The minimum Gasteiger partial charge on any atom is -0.383 e. The van der Waals surface area contributed by atoms with Gasteiger partial charge >= 0.3 is 11.7 Å². The lowest BCUT2D eigenvalue weighted by Crippen LogP contribution is -2.50. The Kier molecular flexibility index (Phi) is 5.54. The third-order valence-corrected chi connectivity index (χ3v) is 7.56. The van der Waals surface area contributed by atoms with Gasteiger partial charge in [0.1, 0.15) is 0 Å². The highest BCUT2D eigenvalue weighted by Crippen LogP contribution is 2.31. The van der Waals surface area contributed by atoms with E-state index in [9.17, 15) is 9.59 Å². The van der Waals surface area contributed by atoms with E-state index in [1.54, 1.807) is 29.5 Å². The van der Waals surface area contributed by atoms with E-state index in [0.29, 0.717) is 13.2 Å². The molecular weight excluding hydrogens is 456 g/mol.